The van der Waals surface area contributed by atoms with Crippen LogP contribution in [-0.4, -0.2) is 17.5 Å². The lowest BCUT2D eigenvalue weighted by Gasteiger charge is -2.20. The van der Waals surface area contributed by atoms with Crippen LogP contribution in [0.3, 0.4) is 0 Å². The van der Waals surface area contributed by atoms with Gasteiger partial charge in [0.1, 0.15) is 0 Å². The van der Waals surface area contributed by atoms with Gasteiger partial charge in [0.05, 0.1) is 12.2 Å². The molecule has 1 aliphatic rings. The van der Waals surface area contributed by atoms with Crippen molar-refractivity contribution in [3.63, 3.8) is 0 Å². The van der Waals surface area contributed by atoms with Gasteiger partial charge in [-0.05, 0) is 44.4 Å². The third-order valence-corrected chi connectivity index (χ3v) is 3.85. The molecule has 0 N–H and O–H groups in total. The number of halogens is 1. The van der Waals surface area contributed by atoms with E-state index in [0.717, 1.165) is 17.2 Å². The van der Waals surface area contributed by atoms with Gasteiger partial charge >= 0.3 is 0 Å². The number of alkyl halides is 1. The molecule has 2 heteroatoms. The summed E-state index contributed by atoms with van der Waals surface area (Å²) in [4.78, 5) is 0. The summed E-state index contributed by atoms with van der Waals surface area (Å²) in [6, 6.07) is 0. The van der Waals surface area contributed by atoms with Gasteiger partial charge in [-0.2, -0.15) is 0 Å². The normalized spacial score (nSPS) is 29.8. The average molecular weight is 263 g/mol. The zero-order valence-corrected chi connectivity index (χ0v) is 11.2. The first-order valence-electron chi connectivity index (χ1n) is 5.83. The summed E-state index contributed by atoms with van der Waals surface area (Å²) in [7, 11) is 0. The Morgan fingerprint density at radius 1 is 1.36 bits per heavy atom. The molecule has 1 rings (SSSR count). The number of hydrogen-bond acceptors (Lipinski definition) is 1. The molecule has 1 aliphatic heterocycles. The summed E-state index contributed by atoms with van der Waals surface area (Å²) in [5.41, 5.74) is 0. The van der Waals surface area contributed by atoms with Crippen LogP contribution in [0.1, 0.15) is 46.5 Å². The van der Waals surface area contributed by atoms with Crippen molar-refractivity contribution in [2.75, 3.05) is 5.33 Å². The van der Waals surface area contributed by atoms with Gasteiger partial charge < -0.3 is 4.74 Å². The van der Waals surface area contributed by atoms with E-state index in [2.05, 4.69) is 36.7 Å². The lowest BCUT2D eigenvalue weighted by molar-refractivity contribution is 0.0411. The Hall–Kier alpha value is 0.440. The summed E-state index contributed by atoms with van der Waals surface area (Å²) in [6.07, 6.45) is 6.11. The molecule has 0 aromatic heterocycles. The highest BCUT2D eigenvalue weighted by molar-refractivity contribution is 9.09. The Morgan fingerprint density at radius 2 is 2.07 bits per heavy atom. The molecule has 0 aliphatic carbocycles. The minimum atomic E-state index is 0.495. The van der Waals surface area contributed by atoms with E-state index < -0.39 is 0 Å². The molecule has 0 bridgehead atoms. The summed E-state index contributed by atoms with van der Waals surface area (Å²) in [5.74, 6) is 1.60. The third-order valence-electron chi connectivity index (χ3n) is 2.94. The maximum absolute atomic E-state index is 5.85. The highest BCUT2D eigenvalue weighted by atomic mass is 79.9. The Morgan fingerprint density at radius 3 is 2.50 bits per heavy atom. The van der Waals surface area contributed by atoms with Gasteiger partial charge in [0.15, 0.2) is 0 Å². The molecule has 0 saturated carbocycles. The molecule has 0 amide bonds. The SMILES string of the molecule is CC(C)CC(CBr)CC1CCC(C)O1. The minimum absolute atomic E-state index is 0.495. The lowest BCUT2D eigenvalue weighted by atomic mass is 9.93. The number of ether oxygens (including phenoxy) is 1. The predicted octanol–water partition coefficient (Wildman–Crippen LogP) is 4.00. The monoisotopic (exact) mass is 262 g/mol. The molecule has 0 radical (unpaired) electrons. The fraction of sp³-hybridized carbons (Fsp3) is 1.00. The van der Waals surface area contributed by atoms with E-state index in [4.69, 9.17) is 4.74 Å². The molecule has 1 nitrogen and oxygen atoms in total. The highest BCUT2D eigenvalue weighted by Gasteiger charge is 2.24. The Balaban J connectivity index is 2.26. The van der Waals surface area contributed by atoms with Crippen LogP contribution in [0.5, 0.6) is 0 Å². The van der Waals surface area contributed by atoms with Gasteiger partial charge in [-0.15, -0.1) is 0 Å². The van der Waals surface area contributed by atoms with Crippen molar-refractivity contribution < 1.29 is 4.74 Å². The van der Waals surface area contributed by atoms with Crippen molar-refractivity contribution in [2.45, 2.75) is 58.7 Å². The zero-order valence-electron chi connectivity index (χ0n) is 9.63. The first-order valence-corrected chi connectivity index (χ1v) is 6.95. The molecule has 0 aromatic carbocycles. The van der Waals surface area contributed by atoms with Crippen LogP contribution in [-0.2, 0) is 4.74 Å². The van der Waals surface area contributed by atoms with Crippen molar-refractivity contribution in [1.29, 1.82) is 0 Å². The Bertz CT molecular complexity index is 158. The molecular weight excluding hydrogens is 240 g/mol. The molecule has 1 heterocycles. The fourth-order valence-electron chi connectivity index (χ4n) is 2.32. The van der Waals surface area contributed by atoms with E-state index in [1.165, 1.54) is 25.7 Å². The summed E-state index contributed by atoms with van der Waals surface area (Å²) < 4.78 is 5.85. The van der Waals surface area contributed by atoms with E-state index in [1.807, 2.05) is 0 Å². The Kier molecular flexibility index (Phi) is 5.47. The van der Waals surface area contributed by atoms with E-state index in [9.17, 15) is 0 Å². The fourth-order valence-corrected chi connectivity index (χ4v) is 2.85. The molecule has 3 atom stereocenters. The second-order valence-electron chi connectivity index (χ2n) is 5.03. The molecule has 3 unspecified atom stereocenters. The molecular formula is C12H23BrO. The third kappa shape index (κ3) is 4.31. The van der Waals surface area contributed by atoms with Crippen molar-refractivity contribution in [2.24, 2.45) is 11.8 Å². The molecule has 1 fully saturated rings. The maximum atomic E-state index is 5.85. The summed E-state index contributed by atoms with van der Waals surface area (Å²) in [5, 5.41) is 1.12. The zero-order chi connectivity index (χ0) is 10.6. The van der Waals surface area contributed by atoms with Crippen molar-refractivity contribution >= 4 is 15.9 Å². The van der Waals surface area contributed by atoms with Crippen LogP contribution in [0.4, 0.5) is 0 Å². The number of rotatable bonds is 5. The van der Waals surface area contributed by atoms with E-state index in [-0.39, 0.29) is 0 Å². The second-order valence-corrected chi connectivity index (χ2v) is 5.68. The van der Waals surface area contributed by atoms with Crippen molar-refractivity contribution in [3.05, 3.63) is 0 Å². The van der Waals surface area contributed by atoms with Crippen LogP contribution >= 0.6 is 15.9 Å². The quantitative estimate of drug-likeness (QED) is 0.681. The highest BCUT2D eigenvalue weighted by Crippen LogP contribution is 2.28. The van der Waals surface area contributed by atoms with Crippen LogP contribution in [0.2, 0.25) is 0 Å². The van der Waals surface area contributed by atoms with Gasteiger partial charge in [0.2, 0.25) is 0 Å². The molecule has 0 aromatic rings. The lowest BCUT2D eigenvalue weighted by Crippen LogP contribution is -2.16. The van der Waals surface area contributed by atoms with Gasteiger partial charge in [-0.3, -0.25) is 0 Å². The van der Waals surface area contributed by atoms with E-state index >= 15 is 0 Å². The molecule has 14 heavy (non-hydrogen) atoms. The van der Waals surface area contributed by atoms with Crippen LogP contribution in [0.25, 0.3) is 0 Å². The standard InChI is InChI=1S/C12H23BrO/c1-9(2)6-11(8-13)7-12-5-4-10(3)14-12/h9-12H,4-8H2,1-3H3. The molecule has 0 spiro atoms. The topological polar surface area (TPSA) is 9.23 Å². The van der Waals surface area contributed by atoms with Crippen LogP contribution in [0.15, 0.2) is 0 Å². The smallest absolute Gasteiger partial charge is 0.0582 e. The Labute approximate surface area is 96.7 Å². The maximum Gasteiger partial charge on any atom is 0.0582 e. The number of hydrogen-bond donors (Lipinski definition) is 0. The van der Waals surface area contributed by atoms with Crippen LogP contribution < -0.4 is 0 Å². The van der Waals surface area contributed by atoms with Gasteiger partial charge in [0.25, 0.3) is 0 Å². The first kappa shape index (κ1) is 12.5. The largest absolute Gasteiger partial charge is 0.375 e. The van der Waals surface area contributed by atoms with Crippen molar-refractivity contribution in [3.8, 4) is 0 Å². The van der Waals surface area contributed by atoms with Crippen LogP contribution in [0, 0.1) is 11.8 Å². The summed E-state index contributed by atoms with van der Waals surface area (Å²) in [6.45, 7) is 6.78. The second kappa shape index (κ2) is 6.12. The van der Waals surface area contributed by atoms with Crippen molar-refractivity contribution in [1.82, 2.24) is 0 Å². The summed E-state index contributed by atoms with van der Waals surface area (Å²) >= 11 is 3.61. The molecule has 84 valence electrons. The van der Waals surface area contributed by atoms with Gasteiger partial charge in [0, 0.05) is 5.33 Å². The minimum Gasteiger partial charge on any atom is -0.375 e. The van der Waals surface area contributed by atoms with Gasteiger partial charge in [-0.1, -0.05) is 29.8 Å². The van der Waals surface area contributed by atoms with E-state index in [0.29, 0.717) is 12.2 Å². The average Bonchev–Trinajstić information content (AvgIpc) is 2.49. The first-order chi connectivity index (χ1) is 6.61. The van der Waals surface area contributed by atoms with E-state index in [1.54, 1.807) is 0 Å². The molecule has 1 saturated heterocycles. The predicted molar refractivity (Wildman–Crippen MR) is 64.9 cm³/mol. The van der Waals surface area contributed by atoms with Gasteiger partial charge in [-0.25, -0.2) is 0 Å².